The number of hydrogen-bond acceptors (Lipinski definition) is 1. The Hall–Kier alpha value is -0.260. The molecule has 0 radical (unpaired) electrons. The Morgan fingerprint density at radius 2 is 1.79 bits per heavy atom. The Morgan fingerprint density at radius 3 is 2.21 bits per heavy atom. The number of nitrogens with zero attached hydrogens (tertiary/aromatic N) is 1. The minimum Gasteiger partial charge on any atom is -0.342 e. The van der Waals surface area contributed by atoms with E-state index in [1.807, 2.05) is 6.92 Å². The minimum atomic E-state index is -4.10. The maximum Gasteiger partial charge on any atom is 0.391 e. The number of hydrogen-bond donors (Lipinski definition) is 0. The van der Waals surface area contributed by atoms with Crippen LogP contribution in [0.3, 0.4) is 0 Å². The second kappa shape index (κ2) is 7.50. The Balaban J connectivity index is 2.51. The molecule has 0 aliphatic heterocycles. The molecule has 0 saturated heterocycles. The zero-order chi connectivity index (χ0) is 14.5. The highest BCUT2D eigenvalue weighted by Crippen LogP contribution is 2.39. The molecular weight excluding hydrogens is 323 g/mol. The lowest BCUT2D eigenvalue weighted by atomic mass is 9.81. The summed E-state index contributed by atoms with van der Waals surface area (Å²) >= 11 is 3.31. The summed E-state index contributed by atoms with van der Waals surface area (Å²) in [6.45, 7) is 3.31. The van der Waals surface area contributed by atoms with Crippen LogP contribution in [0.4, 0.5) is 13.2 Å². The van der Waals surface area contributed by atoms with Crippen LogP contribution in [0.2, 0.25) is 0 Å². The predicted octanol–water partition coefficient (Wildman–Crippen LogP) is 3.99. The fourth-order valence-corrected chi connectivity index (χ4v) is 3.06. The van der Waals surface area contributed by atoms with Crippen molar-refractivity contribution in [1.29, 1.82) is 0 Å². The first-order valence-corrected chi connectivity index (χ1v) is 7.93. The molecule has 0 atom stereocenters. The maximum atomic E-state index is 12.6. The minimum absolute atomic E-state index is 0.0296. The third kappa shape index (κ3) is 4.97. The Kier molecular flexibility index (Phi) is 6.63. The predicted molar refractivity (Wildman–Crippen MR) is 72.2 cm³/mol. The van der Waals surface area contributed by atoms with Gasteiger partial charge in [0.05, 0.1) is 5.92 Å². The first-order valence-electron chi connectivity index (χ1n) is 6.81. The lowest BCUT2D eigenvalue weighted by molar-refractivity contribution is -0.185. The highest BCUT2D eigenvalue weighted by molar-refractivity contribution is 9.09. The van der Waals surface area contributed by atoms with Crippen molar-refractivity contribution in [2.24, 2.45) is 11.8 Å². The standard InChI is InChI=1S/C13H21BrF3NO/c1-2-8-18(9-7-14)12(19)10-3-5-11(6-4-10)13(15,16)17/h10-11H,2-9H2,1H3. The second-order valence-corrected chi connectivity index (χ2v) is 5.90. The van der Waals surface area contributed by atoms with Gasteiger partial charge in [-0.25, -0.2) is 0 Å². The molecule has 1 aliphatic rings. The van der Waals surface area contributed by atoms with Gasteiger partial charge in [-0.2, -0.15) is 13.2 Å². The first kappa shape index (κ1) is 16.8. The summed E-state index contributed by atoms with van der Waals surface area (Å²) in [6, 6.07) is 0. The molecule has 0 spiro atoms. The molecule has 19 heavy (non-hydrogen) atoms. The summed E-state index contributed by atoms with van der Waals surface area (Å²) in [4.78, 5) is 14.0. The van der Waals surface area contributed by atoms with Crippen molar-refractivity contribution in [2.45, 2.75) is 45.2 Å². The normalized spacial score (nSPS) is 24.3. The average molecular weight is 344 g/mol. The molecular formula is C13H21BrF3NO. The van der Waals surface area contributed by atoms with Crippen molar-refractivity contribution in [1.82, 2.24) is 4.90 Å². The molecule has 0 bridgehead atoms. The molecule has 1 rings (SSSR count). The van der Waals surface area contributed by atoms with Gasteiger partial charge in [0.25, 0.3) is 0 Å². The summed E-state index contributed by atoms with van der Waals surface area (Å²) < 4.78 is 37.7. The third-order valence-corrected chi connectivity index (χ3v) is 4.05. The van der Waals surface area contributed by atoms with Crippen LogP contribution in [0.5, 0.6) is 0 Å². The summed E-state index contributed by atoms with van der Waals surface area (Å²) in [5, 5.41) is 0.705. The molecule has 0 unspecified atom stereocenters. The highest BCUT2D eigenvalue weighted by Gasteiger charge is 2.42. The second-order valence-electron chi connectivity index (χ2n) is 5.10. The van der Waals surface area contributed by atoms with Gasteiger partial charge in [-0.3, -0.25) is 4.79 Å². The largest absolute Gasteiger partial charge is 0.391 e. The monoisotopic (exact) mass is 343 g/mol. The van der Waals surface area contributed by atoms with Crippen LogP contribution in [-0.2, 0) is 4.79 Å². The van der Waals surface area contributed by atoms with Crippen LogP contribution in [0, 0.1) is 11.8 Å². The fraction of sp³-hybridized carbons (Fsp3) is 0.923. The van der Waals surface area contributed by atoms with Crippen LogP contribution < -0.4 is 0 Å². The molecule has 1 saturated carbocycles. The molecule has 1 amide bonds. The van der Waals surface area contributed by atoms with E-state index in [0.29, 0.717) is 31.3 Å². The van der Waals surface area contributed by atoms with Gasteiger partial charge in [-0.05, 0) is 32.1 Å². The Labute approximate surface area is 120 Å². The summed E-state index contributed by atoms with van der Waals surface area (Å²) in [5.74, 6) is -1.40. The van der Waals surface area contributed by atoms with Crippen molar-refractivity contribution in [2.75, 3.05) is 18.4 Å². The van der Waals surface area contributed by atoms with Gasteiger partial charge in [0.2, 0.25) is 5.91 Å². The summed E-state index contributed by atoms with van der Waals surface area (Å²) in [5.41, 5.74) is 0. The van der Waals surface area contributed by atoms with Gasteiger partial charge in [-0.15, -0.1) is 0 Å². The van der Waals surface area contributed by atoms with Gasteiger partial charge in [0.1, 0.15) is 0 Å². The van der Waals surface area contributed by atoms with E-state index < -0.39 is 12.1 Å². The molecule has 0 heterocycles. The van der Waals surface area contributed by atoms with E-state index in [9.17, 15) is 18.0 Å². The number of alkyl halides is 4. The highest BCUT2D eigenvalue weighted by atomic mass is 79.9. The van der Waals surface area contributed by atoms with Crippen LogP contribution in [0.15, 0.2) is 0 Å². The van der Waals surface area contributed by atoms with Crippen molar-refractivity contribution in [3.63, 3.8) is 0 Å². The van der Waals surface area contributed by atoms with Crippen LogP contribution >= 0.6 is 15.9 Å². The molecule has 112 valence electrons. The van der Waals surface area contributed by atoms with Crippen molar-refractivity contribution in [3.8, 4) is 0 Å². The lowest BCUT2D eigenvalue weighted by Crippen LogP contribution is -2.40. The molecule has 1 fully saturated rings. The van der Waals surface area contributed by atoms with Crippen molar-refractivity contribution < 1.29 is 18.0 Å². The topological polar surface area (TPSA) is 20.3 Å². The molecule has 0 N–H and O–H groups in total. The van der Waals surface area contributed by atoms with E-state index in [-0.39, 0.29) is 24.7 Å². The number of amides is 1. The lowest BCUT2D eigenvalue weighted by Gasteiger charge is -2.32. The molecule has 2 nitrogen and oxygen atoms in total. The van der Waals surface area contributed by atoms with Crippen molar-refractivity contribution in [3.05, 3.63) is 0 Å². The van der Waals surface area contributed by atoms with Crippen LogP contribution in [0.1, 0.15) is 39.0 Å². The number of rotatable bonds is 5. The smallest absolute Gasteiger partial charge is 0.342 e. The SMILES string of the molecule is CCCN(CCBr)C(=O)C1CCC(C(F)(F)F)CC1. The average Bonchev–Trinajstić information content (AvgIpc) is 2.37. The van der Waals surface area contributed by atoms with Gasteiger partial charge >= 0.3 is 6.18 Å². The molecule has 0 aromatic heterocycles. The molecule has 0 aromatic carbocycles. The van der Waals surface area contributed by atoms with Gasteiger partial charge in [-0.1, -0.05) is 22.9 Å². The summed E-state index contributed by atoms with van der Waals surface area (Å²) in [6.07, 6.45) is -2.32. The first-order chi connectivity index (χ1) is 8.90. The van der Waals surface area contributed by atoms with Gasteiger partial charge in [0, 0.05) is 24.3 Å². The molecule has 6 heteroatoms. The van der Waals surface area contributed by atoms with Crippen LogP contribution in [0.25, 0.3) is 0 Å². The van der Waals surface area contributed by atoms with E-state index in [0.717, 1.165) is 6.42 Å². The fourth-order valence-electron chi connectivity index (χ4n) is 2.63. The Bertz CT molecular complexity index is 282. The maximum absolute atomic E-state index is 12.6. The number of carbonyl (C=O) groups is 1. The zero-order valence-electron chi connectivity index (χ0n) is 11.2. The quantitative estimate of drug-likeness (QED) is 0.691. The van der Waals surface area contributed by atoms with Crippen molar-refractivity contribution >= 4 is 21.8 Å². The summed E-state index contributed by atoms with van der Waals surface area (Å²) in [7, 11) is 0. The number of carbonyl (C=O) groups excluding carboxylic acids is 1. The van der Waals surface area contributed by atoms with E-state index in [2.05, 4.69) is 15.9 Å². The Morgan fingerprint density at radius 1 is 1.21 bits per heavy atom. The third-order valence-electron chi connectivity index (χ3n) is 3.70. The zero-order valence-corrected chi connectivity index (χ0v) is 12.8. The van der Waals surface area contributed by atoms with Gasteiger partial charge < -0.3 is 4.90 Å². The number of halogens is 4. The van der Waals surface area contributed by atoms with E-state index in [1.165, 1.54) is 0 Å². The van der Waals surface area contributed by atoms with Gasteiger partial charge in [0.15, 0.2) is 0 Å². The molecule has 1 aliphatic carbocycles. The van der Waals surface area contributed by atoms with E-state index in [4.69, 9.17) is 0 Å². The van der Waals surface area contributed by atoms with E-state index >= 15 is 0 Å². The van der Waals surface area contributed by atoms with E-state index in [1.54, 1.807) is 4.90 Å². The molecule has 0 aromatic rings. The van der Waals surface area contributed by atoms with Crippen LogP contribution in [-0.4, -0.2) is 35.4 Å².